The molecule has 1 fully saturated rings. The lowest BCUT2D eigenvalue weighted by Crippen LogP contribution is -2.62. The van der Waals surface area contributed by atoms with Crippen LogP contribution < -0.4 is 119 Å². The normalized spacial score (nSPS) is 16.1. The largest absolute Gasteiger partial charge is 0.508 e. The van der Waals surface area contributed by atoms with E-state index >= 15 is 0 Å². The number of H-pyrrole nitrogens is 1. The molecule has 35 N–H and O–H groups in total. The second kappa shape index (κ2) is 63.3. The van der Waals surface area contributed by atoms with Gasteiger partial charge in [-0.25, -0.2) is 4.79 Å². The SMILES string of the molecule is C[C@H](NC(=O)[C@H](CS)NC(=O)CNC(=O)[C@@H]1CCCN1C(=O)[C@@H](NC(=O)[C@H](CS)NC(=O)[C@H](CO)NC(=O)[C@H](Cc1c[nH]c2ccccc12)NC(=O)[C@H](CO)NC(=O)[C@H](CCCCN)NC(=O)[C@@H](N)Cc1ccccc1)[C@@H](C)O)C(=O)N[C@@H](CCCCN)C(=O)N[C@H](C(=O)NCC(=O)N[C@@H](CO)C(=O)N[C@@H](CC(N)=O)C(=O)N[C@@H](CO)C(=O)N[C@@H](Cc1ccc(O)cc1)C(=O)N[C@@H](CS)C(=O)N[C@@H](CS)C(=O)O)[C@@H](C)O. The summed E-state index contributed by atoms with van der Waals surface area (Å²) in [4.78, 5) is 290. The van der Waals surface area contributed by atoms with Crippen molar-refractivity contribution in [2.45, 2.75) is 219 Å². The van der Waals surface area contributed by atoms with Gasteiger partial charge in [0.05, 0.1) is 64.2 Å². The minimum Gasteiger partial charge on any atom is -0.508 e. The number of phenolic OH excluding ortho intramolecular Hbond substituents is 1. The number of nitrogens with one attached hydrogen (secondary N) is 19. The number of aromatic amines is 1. The molecule has 0 aliphatic carbocycles. The number of hydrogen-bond acceptors (Lipinski definition) is 35. The van der Waals surface area contributed by atoms with E-state index in [0.717, 1.165) is 24.3 Å². The lowest BCUT2D eigenvalue weighted by atomic mass is 10.0. The van der Waals surface area contributed by atoms with E-state index in [2.05, 4.69) is 151 Å². The molecular weight excluding hydrogens is 2000 g/mol. The molecule has 20 amide bonds. The molecule has 0 saturated carbocycles. The second-order valence-electron chi connectivity index (χ2n) is 34.0. The van der Waals surface area contributed by atoms with Gasteiger partial charge >= 0.3 is 5.97 Å². The van der Waals surface area contributed by atoms with Gasteiger partial charge in [-0.3, -0.25) is 95.9 Å². The van der Waals surface area contributed by atoms with Crippen LogP contribution in [0.15, 0.2) is 85.1 Å². The summed E-state index contributed by atoms with van der Waals surface area (Å²) in [7, 11) is 0. The van der Waals surface area contributed by atoms with Crippen molar-refractivity contribution in [2.75, 3.05) is 82.2 Å². The van der Waals surface area contributed by atoms with Crippen molar-refractivity contribution in [3.63, 3.8) is 0 Å². The van der Waals surface area contributed by atoms with Gasteiger partial charge in [0.1, 0.15) is 108 Å². The summed E-state index contributed by atoms with van der Waals surface area (Å²) < 4.78 is 0. The molecule has 57 heteroatoms. The quantitative estimate of drug-likeness (QED) is 0.0144. The first kappa shape index (κ1) is 123. The molecule has 0 spiro atoms. The minimum absolute atomic E-state index is 0.0101. The maximum atomic E-state index is 14.4. The van der Waals surface area contributed by atoms with Crippen molar-refractivity contribution in [3.8, 4) is 5.75 Å². The van der Waals surface area contributed by atoms with Crippen molar-refractivity contribution in [3.05, 3.63) is 102 Å². The third kappa shape index (κ3) is 40.0. The Morgan fingerprint density at radius 1 is 0.411 bits per heavy atom. The average molecular weight is 2130 g/mol. The maximum absolute atomic E-state index is 14.4. The fourth-order valence-corrected chi connectivity index (χ4v) is 15.5. The Balaban J connectivity index is 1.15. The number of aromatic nitrogens is 1. The number of aliphatic hydroxyl groups excluding tert-OH is 6. The van der Waals surface area contributed by atoms with Gasteiger partial charge in [0.15, 0.2) is 0 Å². The molecule has 1 aromatic heterocycles. The Hall–Kier alpha value is -13.1. The van der Waals surface area contributed by atoms with Crippen molar-refractivity contribution >= 4 is 186 Å². The van der Waals surface area contributed by atoms with Crippen LogP contribution in [0, 0.1) is 0 Å². The van der Waals surface area contributed by atoms with Crippen molar-refractivity contribution in [2.24, 2.45) is 22.9 Å². The lowest BCUT2D eigenvalue weighted by molar-refractivity contribution is -0.144. The molecule has 1 aliphatic heterocycles. The molecule has 3 aromatic carbocycles. The maximum Gasteiger partial charge on any atom is 0.327 e. The number of aliphatic hydroxyl groups is 6. The summed E-state index contributed by atoms with van der Waals surface area (Å²) in [5.41, 5.74) is 25.1. The molecule has 5 rings (SSSR count). The predicted octanol–water partition coefficient (Wildman–Crippen LogP) is -13.1. The number of carbonyl (C=O) groups excluding carboxylic acids is 20. The number of aliphatic carboxylic acids is 1. The Kier molecular flexibility index (Phi) is 53.5. The number of carboxylic acid groups (broad SMARTS) is 1. The zero-order chi connectivity index (χ0) is 109. The molecule has 20 atom stereocenters. The number of para-hydroxylation sites is 1. The lowest BCUT2D eigenvalue weighted by Gasteiger charge is -2.31. The predicted molar refractivity (Wildman–Crippen MR) is 534 cm³/mol. The van der Waals surface area contributed by atoms with Crippen LogP contribution in [0.3, 0.4) is 0 Å². The summed E-state index contributed by atoms with van der Waals surface area (Å²) in [5, 5.41) is 125. The molecule has 53 nitrogen and oxygen atoms in total. The first-order valence-electron chi connectivity index (χ1n) is 46.3. The number of likely N-dealkylation sites (tertiary alicyclic amines) is 1. The number of benzene rings is 3. The van der Waals surface area contributed by atoms with Crippen LogP contribution in [0.4, 0.5) is 0 Å². The monoisotopic (exact) mass is 2130 g/mol. The highest BCUT2D eigenvalue weighted by molar-refractivity contribution is 7.80. The molecule has 0 unspecified atom stereocenters. The van der Waals surface area contributed by atoms with Crippen LogP contribution in [0.5, 0.6) is 5.75 Å². The molecule has 146 heavy (non-hydrogen) atoms. The van der Waals surface area contributed by atoms with E-state index in [1.807, 2.05) is 0 Å². The third-order valence-corrected chi connectivity index (χ3v) is 24.1. The number of fused-ring (bicyclic) bond motifs is 1. The minimum atomic E-state index is -2.03. The number of hydrogen-bond donors (Lipinski definition) is 35. The molecule has 0 bridgehead atoms. The van der Waals surface area contributed by atoms with Gasteiger partial charge in [-0.2, -0.15) is 50.5 Å². The molecule has 2 heterocycles. The number of primary amides is 1. The average Bonchev–Trinajstić information content (AvgIpc) is 1.68. The number of phenols is 1. The van der Waals surface area contributed by atoms with Crippen LogP contribution in [0.2, 0.25) is 0 Å². The van der Waals surface area contributed by atoms with Crippen molar-refractivity contribution in [1.29, 1.82) is 0 Å². The summed E-state index contributed by atoms with van der Waals surface area (Å²) in [5.74, 6) is -25.4. The topological polar surface area (TPSA) is 860 Å². The highest BCUT2D eigenvalue weighted by Crippen LogP contribution is 2.23. The third-order valence-electron chi connectivity index (χ3n) is 22.7. The van der Waals surface area contributed by atoms with E-state index in [4.69, 9.17) is 22.9 Å². The van der Waals surface area contributed by atoms with E-state index in [1.165, 1.54) is 31.2 Å². The number of carbonyl (C=O) groups is 21. The summed E-state index contributed by atoms with van der Waals surface area (Å²) in [6.45, 7) is -2.90. The summed E-state index contributed by atoms with van der Waals surface area (Å²) in [6.07, 6.45) is -2.20. The van der Waals surface area contributed by atoms with Crippen molar-refractivity contribution < 1.29 is 142 Å². The number of thiol groups is 4. The molecule has 0 radical (unpaired) electrons. The first-order chi connectivity index (χ1) is 69.3. The second-order valence-corrected chi connectivity index (χ2v) is 35.5. The number of rotatable bonds is 64. The van der Waals surface area contributed by atoms with Crippen molar-refractivity contribution in [1.82, 2.24) is 106 Å². The summed E-state index contributed by atoms with van der Waals surface area (Å²) in [6, 6.07) is -8.74. The molecule has 806 valence electrons. The fourth-order valence-electron chi connectivity index (χ4n) is 14.5. The van der Waals surface area contributed by atoms with Gasteiger partial charge in [-0.1, -0.05) is 60.7 Å². The van der Waals surface area contributed by atoms with Crippen LogP contribution in [-0.2, 0) is 120 Å². The smallest absolute Gasteiger partial charge is 0.327 e. The number of amides is 20. The van der Waals surface area contributed by atoms with Crippen LogP contribution in [0.1, 0.15) is 95.2 Å². The van der Waals surface area contributed by atoms with Gasteiger partial charge in [-0.05, 0) is 127 Å². The Labute approximate surface area is 859 Å². The molecular formula is C89H132N24O29S4. The van der Waals surface area contributed by atoms with Gasteiger partial charge in [-0.15, -0.1) is 0 Å². The van der Waals surface area contributed by atoms with E-state index in [-0.39, 0.29) is 88.9 Å². The zero-order valence-electron chi connectivity index (χ0n) is 80.0. The number of aromatic hydroxyl groups is 1. The van der Waals surface area contributed by atoms with Gasteiger partial charge in [0.2, 0.25) is 118 Å². The van der Waals surface area contributed by atoms with E-state index in [1.54, 1.807) is 60.8 Å². The Morgan fingerprint density at radius 2 is 0.795 bits per heavy atom. The van der Waals surface area contributed by atoms with Gasteiger partial charge < -0.3 is 169 Å². The summed E-state index contributed by atoms with van der Waals surface area (Å²) >= 11 is 16.3. The van der Waals surface area contributed by atoms with E-state index < -0.39 is 308 Å². The Bertz CT molecular complexity index is 5140. The number of nitrogens with two attached hydrogens (primary N) is 4. The number of unbranched alkanes of at least 4 members (excludes halogenated alkanes) is 2. The van der Waals surface area contributed by atoms with E-state index in [0.29, 0.717) is 34.9 Å². The van der Waals surface area contributed by atoms with Crippen LogP contribution in [-0.4, -0.2) is 378 Å². The fraction of sp³-hybridized carbons (Fsp3) is 0.539. The zero-order valence-corrected chi connectivity index (χ0v) is 83.6. The number of nitrogens with zero attached hydrogens (tertiary/aromatic N) is 1. The highest BCUT2D eigenvalue weighted by atomic mass is 32.1. The first-order valence-corrected chi connectivity index (χ1v) is 48.8. The highest BCUT2D eigenvalue weighted by Gasteiger charge is 2.43. The standard InChI is InChI=1S/C89H132N24O29S4/c1-43(72(124)100-54(19-10-12-26-91)75(127)111-70(44(2)118)87(139)96-34-68(122)98-58(35-114)79(131)104-57(31-67(93)121)78(130)107-60(37-116)80(132)102-55(29-47-21-23-49(120)24-22-47)76(128)108-63(40-144)84(136)110-65(42-146)89(141)142)97-83(135)62(39-143)99-69(123)33-95-86(138)66-20-13-27-113(66)88(140)71(45(3)119)112-85(137)64(41-145)109-82(134)61(38-117)106-77(129)56(30-48-32-94-52-17-8-7-16-50(48)52)103-81(133)59(36-115)105-74(126)53(18-9-11-25-90)101-73(125)51(92)28-46-14-5-4-6-15-46/h4-8,14-17,21-24,32,43-45,51,53-66,70-71,94,114-120,143-146H,9-13,18-20,25-31,33-42,90-92H2,1-3H3,(H2,93,121)(H,95,138)(H,96,139)(H,97,135)(H,98,122)(H,99,123)(H,100,124)(H,101,125)(H,102,132)(H,103,133)(H,104,131)(H,105,126)(H,106,129)(H,107,130)(H,108,128)(H,109,134)(H,110,136)(H,111,127)(H,112,137)(H,141,142)/t43-,44+,45+,51-,53-,54-,55-,56-,57-,58-,59-,60-,61-,62-,63-,64-,65-,66-,70-,71-/m0/s1. The molecule has 1 saturated heterocycles. The van der Waals surface area contributed by atoms with Crippen LogP contribution in [0.25, 0.3) is 10.9 Å². The molecule has 4 aromatic rings. The Morgan fingerprint density at radius 3 is 1.29 bits per heavy atom. The van der Waals surface area contributed by atoms with Gasteiger partial charge in [0, 0.05) is 59.5 Å². The van der Waals surface area contributed by atoms with Gasteiger partial charge in [0.25, 0.3) is 0 Å². The van der Waals surface area contributed by atoms with Crippen LogP contribution >= 0.6 is 50.5 Å². The molecule has 1 aliphatic rings. The van der Waals surface area contributed by atoms with E-state index in [9.17, 15) is 142 Å². The number of carboxylic acids is 1.